The number of anilines is 1. The Kier molecular flexibility index (Phi) is 5.96. The summed E-state index contributed by atoms with van der Waals surface area (Å²) in [5.74, 6) is -0.422. The quantitative estimate of drug-likeness (QED) is 0.688. The van der Waals surface area contributed by atoms with Gasteiger partial charge in [-0.2, -0.15) is 0 Å². The third-order valence-electron chi connectivity index (χ3n) is 2.95. The summed E-state index contributed by atoms with van der Waals surface area (Å²) in [7, 11) is 1.61. The molecule has 0 bridgehead atoms. The van der Waals surface area contributed by atoms with Crippen molar-refractivity contribution < 1.29 is 9.59 Å². The first kappa shape index (κ1) is 17.0. The predicted molar refractivity (Wildman–Crippen MR) is 98.9 cm³/mol. The summed E-state index contributed by atoms with van der Waals surface area (Å²) >= 11 is 5.52. The van der Waals surface area contributed by atoms with Crippen molar-refractivity contribution in [1.29, 1.82) is 0 Å². The van der Waals surface area contributed by atoms with Gasteiger partial charge in [0.05, 0.1) is 12.2 Å². The number of hydrogen-bond acceptors (Lipinski definition) is 2. The molecule has 0 aliphatic carbocycles. The molecule has 0 radical (unpaired) electrons. The molecule has 2 aromatic rings. The van der Waals surface area contributed by atoms with E-state index in [-0.39, 0.29) is 18.4 Å². The zero-order valence-electron chi connectivity index (χ0n) is 11.8. The summed E-state index contributed by atoms with van der Waals surface area (Å²) in [6.45, 7) is -0.00829. The largest absolute Gasteiger partial charge is 0.332 e. The van der Waals surface area contributed by atoms with Crippen LogP contribution < -0.4 is 5.32 Å². The zero-order chi connectivity index (χ0) is 16.1. The van der Waals surface area contributed by atoms with Crippen LogP contribution in [0.3, 0.4) is 0 Å². The molecule has 6 heteroatoms. The number of benzene rings is 2. The lowest BCUT2D eigenvalue weighted by Gasteiger charge is -2.17. The Bertz CT molecular complexity index is 706. The standard InChI is InChI=1S/C16H14BrIN2O2/c1-20(16(22)11-5-4-6-12(18)9-11)10-15(21)19-14-8-3-2-7-13(14)17/h2-9H,10H2,1H3,(H,19,21). The van der Waals surface area contributed by atoms with E-state index in [1.807, 2.05) is 30.3 Å². The first-order chi connectivity index (χ1) is 10.5. The van der Waals surface area contributed by atoms with Crippen LogP contribution in [0.1, 0.15) is 10.4 Å². The highest BCUT2D eigenvalue weighted by molar-refractivity contribution is 14.1. The van der Waals surface area contributed by atoms with Gasteiger partial charge in [-0.05, 0) is 68.9 Å². The van der Waals surface area contributed by atoms with Crippen LogP contribution in [0.4, 0.5) is 5.69 Å². The Hall–Kier alpha value is -1.41. The van der Waals surface area contributed by atoms with Crippen LogP contribution in [0, 0.1) is 3.57 Å². The van der Waals surface area contributed by atoms with Gasteiger partial charge in [-0.25, -0.2) is 0 Å². The molecule has 0 saturated heterocycles. The molecular weight excluding hydrogens is 459 g/mol. The highest BCUT2D eigenvalue weighted by atomic mass is 127. The topological polar surface area (TPSA) is 49.4 Å². The van der Waals surface area contributed by atoms with Crippen LogP contribution in [-0.4, -0.2) is 30.3 Å². The zero-order valence-corrected chi connectivity index (χ0v) is 15.6. The van der Waals surface area contributed by atoms with Crippen molar-refractivity contribution in [2.45, 2.75) is 0 Å². The molecular formula is C16H14BrIN2O2. The van der Waals surface area contributed by atoms with Gasteiger partial charge in [0, 0.05) is 20.7 Å². The molecule has 22 heavy (non-hydrogen) atoms. The summed E-state index contributed by atoms with van der Waals surface area (Å²) in [6.07, 6.45) is 0. The SMILES string of the molecule is CN(CC(=O)Nc1ccccc1Br)C(=O)c1cccc(I)c1. The molecule has 0 unspecified atom stereocenters. The molecule has 0 saturated carbocycles. The van der Waals surface area contributed by atoms with Crippen LogP contribution in [-0.2, 0) is 4.79 Å². The van der Waals surface area contributed by atoms with Gasteiger partial charge in [0.25, 0.3) is 5.91 Å². The molecule has 0 aromatic heterocycles. The van der Waals surface area contributed by atoms with Crippen molar-refractivity contribution in [1.82, 2.24) is 4.90 Å². The van der Waals surface area contributed by atoms with E-state index in [9.17, 15) is 9.59 Å². The molecule has 0 fully saturated rings. The van der Waals surface area contributed by atoms with Gasteiger partial charge < -0.3 is 10.2 Å². The van der Waals surface area contributed by atoms with E-state index in [0.29, 0.717) is 11.3 Å². The lowest BCUT2D eigenvalue weighted by atomic mass is 10.2. The van der Waals surface area contributed by atoms with Crippen LogP contribution in [0.15, 0.2) is 53.0 Å². The van der Waals surface area contributed by atoms with E-state index in [2.05, 4.69) is 43.8 Å². The molecule has 0 aliphatic heterocycles. The predicted octanol–water partition coefficient (Wildman–Crippen LogP) is 3.76. The minimum Gasteiger partial charge on any atom is -0.332 e. The normalized spacial score (nSPS) is 10.1. The maximum atomic E-state index is 12.3. The van der Waals surface area contributed by atoms with Crippen molar-refractivity contribution in [3.63, 3.8) is 0 Å². The maximum Gasteiger partial charge on any atom is 0.254 e. The maximum absolute atomic E-state index is 12.3. The van der Waals surface area contributed by atoms with Crippen molar-refractivity contribution in [2.75, 3.05) is 18.9 Å². The van der Waals surface area contributed by atoms with Crippen LogP contribution >= 0.6 is 38.5 Å². The molecule has 2 rings (SSSR count). The Balaban J connectivity index is 1.99. The average molecular weight is 473 g/mol. The number of amides is 2. The lowest BCUT2D eigenvalue weighted by molar-refractivity contribution is -0.116. The van der Waals surface area contributed by atoms with Crippen LogP contribution in [0.5, 0.6) is 0 Å². The molecule has 2 aromatic carbocycles. The number of nitrogens with zero attached hydrogens (tertiary/aromatic N) is 1. The monoisotopic (exact) mass is 472 g/mol. The summed E-state index contributed by atoms with van der Waals surface area (Å²) in [4.78, 5) is 25.7. The second kappa shape index (κ2) is 7.73. The van der Waals surface area contributed by atoms with E-state index >= 15 is 0 Å². The van der Waals surface area contributed by atoms with E-state index in [1.54, 1.807) is 25.2 Å². The van der Waals surface area contributed by atoms with Gasteiger partial charge in [0.1, 0.15) is 0 Å². The second-order valence-corrected chi connectivity index (χ2v) is 6.80. The number of likely N-dealkylation sites (N-methyl/N-ethyl adjacent to an activating group) is 1. The fourth-order valence-corrected chi connectivity index (χ4v) is 2.81. The molecule has 0 aliphatic rings. The van der Waals surface area contributed by atoms with Gasteiger partial charge in [-0.1, -0.05) is 18.2 Å². The van der Waals surface area contributed by atoms with Crippen LogP contribution in [0.25, 0.3) is 0 Å². The fraction of sp³-hybridized carbons (Fsp3) is 0.125. The number of carbonyl (C=O) groups is 2. The van der Waals surface area contributed by atoms with E-state index in [1.165, 1.54) is 4.90 Å². The summed E-state index contributed by atoms with van der Waals surface area (Å²) in [5.41, 5.74) is 1.26. The number of nitrogens with one attached hydrogen (secondary N) is 1. The number of hydrogen-bond donors (Lipinski definition) is 1. The highest BCUT2D eigenvalue weighted by Gasteiger charge is 2.15. The Morgan fingerprint density at radius 1 is 1.18 bits per heavy atom. The number of halogens is 2. The summed E-state index contributed by atoms with van der Waals surface area (Å²) < 4.78 is 1.78. The Morgan fingerprint density at radius 3 is 2.59 bits per heavy atom. The Morgan fingerprint density at radius 2 is 1.91 bits per heavy atom. The van der Waals surface area contributed by atoms with E-state index in [0.717, 1.165) is 8.04 Å². The van der Waals surface area contributed by atoms with Gasteiger partial charge in [0.15, 0.2) is 0 Å². The number of carbonyl (C=O) groups excluding carboxylic acids is 2. The van der Waals surface area contributed by atoms with Gasteiger partial charge in [-0.3, -0.25) is 9.59 Å². The molecule has 0 atom stereocenters. The third kappa shape index (κ3) is 4.54. The molecule has 114 valence electrons. The van der Waals surface area contributed by atoms with Crippen molar-refractivity contribution in [3.05, 3.63) is 62.1 Å². The van der Waals surface area contributed by atoms with E-state index < -0.39 is 0 Å². The fourth-order valence-electron chi connectivity index (χ4n) is 1.88. The molecule has 4 nitrogen and oxygen atoms in total. The number of para-hydroxylation sites is 1. The first-order valence-electron chi connectivity index (χ1n) is 6.53. The minimum atomic E-state index is -0.242. The average Bonchev–Trinajstić information content (AvgIpc) is 2.48. The van der Waals surface area contributed by atoms with Crippen molar-refractivity contribution in [2.24, 2.45) is 0 Å². The van der Waals surface area contributed by atoms with E-state index in [4.69, 9.17) is 0 Å². The van der Waals surface area contributed by atoms with Gasteiger partial charge in [-0.15, -0.1) is 0 Å². The van der Waals surface area contributed by atoms with Crippen molar-refractivity contribution >= 4 is 56.0 Å². The second-order valence-electron chi connectivity index (χ2n) is 4.70. The molecule has 1 N–H and O–H groups in total. The number of rotatable bonds is 4. The highest BCUT2D eigenvalue weighted by Crippen LogP contribution is 2.21. The summed E-state index contributed by atoms with van der Waals surface area (Å²) in [5, 5.41) is 2.78. The molecule has 0 heterocycles. The van der Waals surface area contributed by atoms with Gasteiger partial charge in [0.2, 0.25) is 5.91 Å². The molecule has 2 amide bonds. The molecule has 0 spiro atoms. The Labute approximate surface area is 151 Å². The lowest BCUT2D eigenvalue weighted by Crippen LogP contribution is -2.35. The third-order valence-corrected chi connectivity index (χ3v) is 4.31. The first-order valence-corrected chi connectivity index (χ1v) is 8.40. The van der Waals surface area contributed by atoms with Crippen molar-refractivity contribution in [3.8, 4) is 0 Å². The summed E-state index contributed by atoms with van der Waals surface area (Å²) in [6, 6.07) is 14.6. The minimum absolute atomic E-state index is 0.00829. The van der Waals surface area contributed by atoms with Gasteiger partial charge >= 0.3 is 0 Å². The smallest absolute Gasteiger partial charge is 0.254 e. The van der Waals surface area contributed by atoms with Crippen LogP contribution in [0.2, 0.25) is 0 Å².